The van der Waals surface area contributed by atoms with E-state index < -0.39 is 65.9 Å². The van der Waals surface area contributed by atoms with E-state index in [0.29, 0.717) is 49.2 Å². The molecule has 3 N–H and O–H groups in total. The molecule has 18 heteroatoms. The van der Waals surface area contributed by atoms with Crippen LogP contribution in [0, 0.1) is 11.7 Å². The van der Waals surface area contributed by atoms with Gasteiger partial charge in [-0.25, -0.2) is 14.0 Å². The van der Waals surface area contributed by atoms with Crippen LogP contribution < -0.4 is 25.6 Å². The highest BCUT2D eigenvalue weighted by molar-refractivity contribution is 6.00. The van der Waals surface area contributed by atoms with Gasteiger partial charge in [-0.3, -0.25) is 24.0 Å². The molecule has 0 radical (unpaired) electrons. The molecule has 1 fully saturated rings. The van der Waals surface area contributed by atoms with Crippen LogP contribution in [0.4, 0.5) is 10.1 Å². The first kappa shape index (κ1) is 54.3. The molecule has 0 aliphatic carbocycles. The van der Waals surface area contributed by atoms with E-state index in [-0.39, 0.29) is 61.3 Å². The minimum atomic E-state index is -1.41. The monoisotopic (exact) mass is 1000 g/mol. The number of nitrogens with one attached hydrogen (secondary N) is 3. The Bertz CT molecular complexity index is 2660. The molecule has 1 aromatic heterocycles. The normalized spacial score (nSPS) is 13.2. The van der Waals surface area contributed by atoms with Gasteiger partial charge >= 0.3 is 17.9 Å². The van der Waals surface area contributed by atoms with Crippen molar-refractivity contribution in [1.82, 2.24) is 21.0 Å². The number of unbranched alkanes of at least 4 members (excludes halogenated alkanes) is 2. The van der Waals surface area contributed by atoms with Crippen LogP contribution in [0.1, 0.15) is 115 Å². The number of esters is 2. The van der Waals surface area contributed by atoms with Crippen molar-refractivity contribution >= 4 is 47.7 Å². The molecule has 0 bridgehead atoms. The van der Waals surface area contributed by atoms with Crippen molar-refractivity contribution < 1.29 is 61.4 Å². The fourth-order valence-corrected chi connectivity index (χ4v) is 8.32. The van der Waals surface area contributed by atoms with Crippen molar-refractivity contribution in [2.24, 2.45) is 5.92 Å². The Kier molecular flexibility index (Phi) is 20.5. The molecule has 17 nitrogen and oxygen atoms in total. The summed E-state index contributed by atoms with van der Waals surface area (Å²) in [7, 11) is 0. The fourth-order valence-electron chi connectivity index (χ4n) is 8.32. The van der Waals surface area contributed by atoms with E-state index in [1.807, 2.05) is 24.0 Å². The Morgan fingerprint density at radius 2 is 1.49 bits per heavy atom. The zero-order chi connectivity index (χ0) is 52.1. The lowest BCUT2D eigenvalue weighted by Gasteiger charge is -2.31. The molecule has 1 aliphatic heterocycles. The van der Waals surface area contributed by atoms with Crippen molar-refractivity contribution in [3.8, 4) is 17.1 Å². The molecule has 4 amide bonds. The number of hydrogen-bond acceptors (Lipinski definition) is 13. The predicted octanol–water partition coefficient (Wildman–Crippen LogP) is 8.07. The molecule has 5 aromatic rings. The summed E-state index contributed by atoms with van der Waals surface area (Å²) in [6.07, 6.45) is 4.55. The number of anilines is 1. The number of carbonyl (C=O) groups is 7. The first-order valence-corrected chi connectivity index (χ1v) is 24.6. The van der Waals surface area contributed by atoms with E-state index in [0.717, 1.165) is 42.4 Å². The first-order valence-electron chi connectivity index (χ1n) is 24.6. The number of amides is 4. The summed E-state index contributed by atoms with van der Waals surface area (Å²) in [5.41, 5.74) is 2.21. The van der Waals surface area contributed by atoms with Gasteiger partial charge < -0.3 is 44.3 Å². The van der Waals surface area contributed by atoms with Gasteiger partial charge in [-0.1, -0.05) is 99.8 Å². The number of hydroxylamine groups is 2. The maximum absolute atomic E-state index is 15.1. The topological polar surface area (TPSA) is 212 Å². The van der Waals surface area contributed by atoms with Crippen molar-refractivity contribution in [2.75, 3.05) is 31.3 Å². The Morgan fingerprint density at radius 1 is 0.795 bits per heavy atom. The molecule has 0 unspecified atom stereocenters. The average molecular weight is 1000 g/mol. The van der Waals surface area contributed by atoms with Crippen LogP contribution in [0.15, 0.2) is 114 Å². The summed E-state index contributed by atoms with van der Waals surface area (Å²) < 4.78 is 37.7. The van der Waals surface area contributed by atoms with Gasteiger partial charge in [-0.2, -0.15) is 5.06 Å². The summed E-state index contributed by atoms with van der Waals surface area (Å²) >= 11 is 0. The van der Waals surface area contributed by atoms with Gasteiger partial charge in [0.25, 0.3) is 11.8 Å². The number of hydrogen-bond donors (Lipinski definition) is 3. The molecule has 6 rings (SSSR count). The lowest BCUT2D eigenvalue weighted by molar-refractivity contribution is -0.171. The number of nitrogens with zero attached hydrogens (tertiary/aromatic N) is 2. The molecule has 386 valence electrons. The van der Waals surface area contributed by atoms with Crippen LogP contribution in [0.3, 0.4) is 0 Å². The highest BCUT2D eigenvalue weighted by Gasteiger charge is 2.34. The summed E-state index contributed by atoms with van der Waals surface area (Å²) in [4.78, 5) is 100. The second-order valence-corrected chi connectivity index (χ2v) is 17.3. The highest BCUT2D eigenvalue weighted by atomic mass is 19.1. The van der Waals surface area contributed by atoms with Crippen LogP contribution in [0.5, 0.6) is 5.75 Å². The summed E-state index contributed by atoms with van der Waals surface area (Å²) in [5, 5.41) is 8.73. The summed E-state index contributed by atoms with van der Waals surface area (Å²) in [6.45, 7) is 6.60. The Hall–Kier alpha value is -8.02. The van der Waals surface area contributed by atoms with Crippen molar-refractivity contribution in [1.29, 1.82) is 0 Å². The molecule has 4 aromatic carbocycles. The van der Waals surface area contributed by atoms with Gasteiger partial charge in [0.05, 0.1) is 48.5 Å². The molecule has 3 atom stereocenters. The first-order chi connectivity index (χ1) is 35.4. The third-order valence-corrected chi connectivity index (χ3v) is 12.2. The van der Waals surface area contributed by atoms with Crippen molar-refractivity contribution in [3.63, 3.8) is 0 Å². The van der Waals surface area contributed by atoms with Crippen LogP contribution in [0.25, 0.3) is 11.3 Å². The van der Waals surface area contributed by atoms with Crippen LogP contribution in [-0.2, 0) is 46.7 Å². The van der Waals surface area contributed by atoms with E-state index in [9.17, 15) is 33.6 Å². The minimum Gasteiger partial charge on any atom is -0.493 e. The van der Waals surface area contributed by atoms with Crippen LogP contribution >= 0.6 is 0 Å². The summed E-state index contributed by atoms with van der Waals surface area (Å²) in [6, 6.07) is 27.2. The maximum atomic E-state index is 15.1. The zero-order valence-corrected chi connectivity index (χ0v) is 41.3. The van der Waals surface area contributed by atoms with Gasteiger partial charge in [0.15, 0.2) is 5.76 Å². The predicted molar refractivity (Wildman–Crippen MR) is 267 cm³/mol. The highest BCUT2D eigenvalue weighted by Crippen LogP contribution is 2.30. The third-order valence-electron chi connectivity index (χ3n) is 12.2. The van der Waals surface area contributed by atoms with Crippen molar-refractivity contribution in [3.05, 3.63) is 143 Å². The smallest absolute Gasteiger partial charge is 0.363 e. The number of furan rings is 1. The average Bonchev–Trinajstić information content (AvgIpc) is 4.14. The second kappa shape index (κ2) is 27.5. The molecular formula is C55H62FN5O12. The third kappa shape index (κ3) is 15.5. The Morgan fingerprint density at radius 3 is 2.14 bits per heavy atom. The minimum absolute atomic E-state index is 0.0351. The quantitative estimate of drug-likeness (QED) is 0.0150. The molecular weight excluding hydrogens is 942 g/mol. The van der Waals surface area contributed by atoms with E-state index in [1.165, 1.54) is 30.3 Å². The molecule has 1 aliphatic rings. The molecule has 73 heavy (non-hydrogen) atoms. The standard InChI is InChI=1S/C55H62FN5O12/c1-4-7-10-21-41(45(5-2)61(36-62)73-54(67)40-23-25-46(43(56)30-40)60-28-15-16-29-60)51(64)57-35-58-53(66)48-27-26-47(72-48)39-22-24-42(49(31-39)69-6-3)52(65)59-44(55(68)71-34-38-19-13-9-14-20-38)32-50(63)70-33-37-17-11-8-12-18-37/h8-9,11-14,17-20,22-27,30-31,36,41,44-45H,4-7,10,15-16,21,28-29,32-35H2,1-3H3,(H,57,64)(H,58,66)(H,59,65)/t41-,44+,45-/m1/s1. The lowest BCUT2D eigenvalue weighted by Crippen LogP contribution is -2.49. The number of carbonyl (C=O) groups excluding carboxylic acids is 7. The van der Waals surface area contributed by atoms with Crippen molar-refractivity contribution in [2.45, 2.75) is 97.4 Å². The van der Waals surface area contributed by atoms with Gasteiger partial charge in [-0.05, 0) is 86.2 Å². The second-order valence-electron chi connectivity index (χ2n) is 17.3. The number of rotatable bonds is 27. The number of benzene rings is 4. The Labute approximate surface area is 423 Å². The largest absolute Gasteiger partial charge is 0.493 e. The van der Waals surface area contributed by atoms with Crippen LogP contribution in [-0.4, -0.2) is 85.6 Å². The maximum Gasteiger partial charge on any atom is 0.363 e. The number of ether oxygens (including phenoxy) is 3. The molecule has 1 saturated heterocycles. The number of halogens is 1. The lowest BCUT2D eigenvalue weighted by atomic mass is 9.90. The summed E-state index contributed by atoms with van der Waals surface area (Å²) in [5.74, 6) is -5.62. The van der Waals surface area contributed by atoms with Gasteiger partial charge in [-0.15, -0.1) is 0 Å². The molecule has 0 spiro atoms. The van der Waals surface area contributed by atoms with Gasteiger partial charge in [0.2, 0.25) is 12.3 Å². The van der Waals surface area contributed by atoms with Gasteiger partial charge in [0.1, 0.15) is 36.6 Å². The van der Waals surface area contributed by atoms with E-state index in [1.54, 1.807) is 74.5 Å². The zero-order valence-electron chi connectivity index (χ0n) is 41.3. The van der Waals surface area contributed by atoms with E-state index in [2.05, 4.69) is 16.0 Å². The van der Waals surface area contributed by atoms with Gasteiger partial charge in [0, 0.05) is 18.7 Å². The SMILES string of the molecule is CCCCC[C@@H](C(=O)NCNC(=O)c1ccc(-c2ccc(C(=O)N[C@@H](CC(=O)OCc3ccccc3)C(=O)OCc3ccccc3)c(OCC)c2)o1)[C@@H](CC)N(C=O)OC(=O)c1ccc(N2CCCC2)c(F)c1. The molecule has 0 saturated carbocycles. The fraction of sp³-hybridized carbons (Fsp3) is 0.364. The van der Waals surface area contributed by atoms with E-state index >= 15 is 4.39 Å². The Balaban J connectivity index is 1.08. The van der Waals surface area contributed by atoms with Crippen LogP contribution in [0.2, 0.25) is 0 Å². The van der Waals surface area contributed by atoms with E-state index in [4.69, 9.17) is 23.5 Å². The molecule has 2 heterocycles.